The van der Waals surface area contributed by atoms with Crippen molar-refractivity contribution in [2.24, 2.45) is 0 Å². The summed E-state index contributed by atoms with van der Waals surface area (Å²) in [6.45, 7) is 0.849. The van der Waals surface area contributed by atoms with E-state index in [4.69, 9.17) is 0 Å². The van der Waals surface area contributed by atoms with E-state index in [0.29, 0.717) is 19.5 Å². The Morgan fingerprint density at radius 3 is 2.41 bits per heavy atom. The lowest BCUT2D eigenvalue weighted by molar-refractivity contribution is 0.240. The molecule has 3 nitrogen and oxygen atoms in total. The van der Waals surface area contributed by atoms with Crippen molar-refractivity contribution in [3.63, 3.8) is 0 Å². The highest BCUT2D eigenvalue weighted by atomic mass is 19.1. The van der Waals surface area contributed by atoms with Gasteiger partial charge in [0.05, 0.1) is 0 Å². The normalized spacial score (nSPS) is 10.3. The minimum absolute atomic E-state index is 0.248. The van der Waals surface area contributed by atoms with Gasteiger partial charge in [0.2, 0.25) is 0 Å². The molecule has 0 atom stereocenters. The average molecular weight is 304 g/mol. The predicted molar refractivity (Wildman–Crippen MR) is 81.4 cm³/mol. The molecule has 0 aliphatic heterocycles. The lowest BCUT2D eigenvalue weighted by Crippen LogP contribution is -2.35. The average Bonchev–Trinajstić information content (AvgIpc) is 2.51. The van der Waals surface area contributed by atoms with Gasteiger partial charge >= 0.3 is 6.03 Å². The molecule has 0 unspecified atom stereocenters. The number of urea groups is 1. The summed E-state index contributed by atoms with van der Waals surface area (Å²) < 4.78 is 25.7. The number of nitrogens with one attached hydrogen (secondary N) is 2. The maximum Gasteiger partial charge on any atom is 0.315 e. The molecule has 2 amide bonds. The standard InChI is InChI=1S/C17H18F2N2O/c18-15-8-6-14(7-9-15)12-21-17(22)20-10-2-4-13-3-1-5-16(19)11-13/h1,3,5-9,11H,2,4,10,12H2,(H2,20,21,22). The van der Waals surface area contributed by atoms with E-state index in [1.807, 2.05) is 6.07 Å². The van der Waals surface area contributed by atoms with Crippen molar-refractivity contribution < 1.29 is 13.6 Å². The van der Waals surface area contributed by atoms with Crippen LogP contribution in [0, 0.1) is 11.6 Å². The van der Waals surface area contributed by atoms with Crippen LogP contribution in [0.1, 0.15) is 17.5 Å². The summed E-state index contributed by atoms with van der Waals surface area (Å²) in [7, 11) is 0. The second kappa shape index (κ2) is 8.12. The van der Waals surface area contributed by atoms with Gasteiger partial charge in [-0.05, 0) is 48.2 Å². The van der Waals surface area contributed by atoms with Gasteiger partial charge in [0.25, 0.3) is 0 Å². The summed E-state index contributed by atoms with van der Waals surface area (Å²) in [5.74, 6) is -0.548. The molecule has 0 spiro atoms. The van der Waals surface area contributed by atoms with Gasteiger partial charge in [-0.25, -0.2) is 13.6 Å². The first-order valence-corrected chi connectivity index (χ1v) is 7.14. The van der Waals surface area contributed by atoms with Crippen molar-refractivity contribution >= 4 is 6.03 Å². The summed E-state index contributed by atoms with van der Waals surface area (Å²) in [5.41, 5.74) is 1.74. The Bertz CT molecular complexity index is 614. The molecule has 0 saturated heterocycles. The fourth-order valence-corrected chi connectivity index (χ4v) is 2.03. The molecule has 0 fully saturated rings. The van der Waals surface area contributed by atoms with Crippen LogP contribution in [0.25, 0.3) is 0 Å². The molecule has 116 valence electrons. The molecule has 2 aromatic rings. The summed E-state index contributed by atoms with van der Waals surface area (Å²) in [6.07, 6.45) is 1.43. The number of aryl methyl sites for hydroxylation is 1. The number of halogens is 2. The molecule has 0 aliphatic carbocycles. The second-order valence-corrected chi connectivity index (χ2v) is 4.97. The van der Waals surface area contributed by atoms with Crippen molar-refractivity contribution in [3.05, 3.63) is 71.3 Å². The van der Waals surface area contributed by atoms with E-state index in [9.17, 15) is 13.6 Å². The highest BCUT2D eigenvalue weighted by Gasteiger charge is 2.01. The maximum atomic E-state index is 13.0. The van der Waals surface area contributed by atoms with E-state index in [2.05, 4.69) is 10.6 Å². The second-order valence-electron chi connectivity index (χ2n) is 4.97. The molecule has 2 aromatic carbocycles. The Labute approximate surface area is 128 Å². The molecule has 0 bridgehead atoms. The van der Waals surface area contributed by atoms with E-state index >= 15 is 0 Å². The molecule has 0 aromatic heterocycles. The monoisotopic (exact) mass is 304 g/mol. The summed E-state index contributed by atoms with van der Waals surface area (Å²) in [4.78, 5) is 11.6. The van der Waals surface area contributed by atoms with Gasteiger partial charge < -0.3 is 10.6 Å². The van der Waals surface area contributed by atoms with E-state index in [1.54, 1.807) is 18.2 Å². The molecule has 5 heteroatoms. The van der Waals surface area contributed by atoms with Crippen LogP contribution in [0.15, 0.2) is 48.5 Å². The molecule has 0 aliphatic rings. The minimum Gasteiger partial charge on any atom is -0.338 e. The molecule has 2 rings (SSSR count). The van der Waals surface area contributed by atoms with Crippen molar-refractivity contribution in [1.82, 2.24) is 10.6 Å². The van der Waals surface area contributed by atoms with Crippen LogP contribution in [-0.4, -0.2) is 12.6 Å². The Morgan fingerprint density at radius 2 is 1.68 bits per heavy atom. The minimum atomic E-state index is -0.300. The van der Waals surface area contributed by atoms with Gasteiger partial charge in [-0.3, -0.25) is 0 Å². The van der Waals surface area contributed by atoms with Gasteiger partial charge in [-0.1, -0.05) is 24.3 Å². The molecule has 22 heavy (non-hydrogen) atoms. The summed E-state index contributed by atoms with van der Waals surface area (Å²) in [5, 5.41) is 5.42. The zero-order valence-corrected chi connectivity index (χ0v) is 12.1. The topological polar surface area (TPSA) is 41.1 Å². The Kier molecular flexibility index (Phi) is 5.89. The highest BCUT2D eigenvalue weighted by Crippen LogP contribution is 2.05. The van der Waals surface area contributed by atoms with Crippen LogP contribution in [0.2, 0.25) is 0 Å². The number of carbonyl (C=O) groups is 1. The van der Waals surface area contributed by atoms with Crippen molar-refractivity contribution in [1.29, 1.82) is 0 Å². The van der Waals surface area contributed by atoms with Crippen LogP contribution in [0.5, 0.6) is 0 Å². The summed E-state index contributed by atoms with van der Waals surface area (Å²) >= 11 is 0. The van der Waals surface area contributed by atoms with E-state index in [0.717, 1.165) is 17.5 Å². The van der Waals surface area contributed by atoms with Crippen LogP contribution in [0.4, 0.5) is 13.6 Å². The smallest absolute Gasteiger partial charge is 0.315 e. The largest absolute Gasteiger partial charge is 0.338 e. The zero-order chi connectivity index (χ0) is 15.8. The maximum absolute atomic E-state index is 13.0. The van der Waals surface area contributed by atoms with E-state index in [-0.39, 0.29) is 17.7 Å². The molecule has 0 heterocycles. The first-order valence-electron chi connectivity index (χ1n) is 7.14. The quantitative estimate of drug-likeness (QED) is 0.789. The molecule has 0 radical (unpaired) electrons. The number of rotatable bonds is 6. The van der Waals surface area contributed by atoms with Crippen molar-refractivity contribution in [2.75, 3.05) is 6.54 Å². The van der Waals surface area contributed by atoms with Gasteiger partial charge in [0, 0.05) is 13.1 Å². The summed E-state index contributed by atoms with van der Waals surface area (Å²) in [6, 6.07) is 12.1. The number of carbonyl (C=O) groups excluding carboxylic acids is 1. The van der Waals surface area contributed by atoms with Crippen molar-refractivity contribution in [3.8, 4) is 0 Å². The van der Waals surface area contributed by atoms with Gasteiger partial charge in [0.1, 0.15) is 11.6 Å². The highest BCUT2D eigenvalue weighted by molar-refractivity contribution is 5.73. The first-order chi connectivity index (χ1) is 10.6. The number of hydrogen-bond acceptors (Lipinski definition) is 1. The van der Waals surface area contributed by atoms with Crippen molar-refractivity contribution in [2.45, 2.75) is 19.4 Å². The molecule has 0 saturated carbocycles. The number of hydrogen-bond donors (Lipinski definition) is 2. The van der Waals surface area contributed by atoms with Crippen LogP contribution in [-0.2, 0) is 13.0 Å². The Morgan fingerprint density at radius 1 is 0.909 bits per heavy atom. The van der Waals surface area contributed by atoms with Gasteiger partial charge in [0.15, 0.2) is 0 Å². The van der Waals surface area contributed by atoms with E-state index in [1.165, 1.54) is 24.3 Å². The molecular weight excluding hydrogens is 286 g/mol. The SMILES string of the molecule is O=C(NCCCc1cccc(F)c1)NCc1ccc(F)cc1. The Balaban J connectivity index is 1.62. The lowest BCUT2D eigenvalue weighted by atomic mass is 10.1. The molecular formula is C17H18F2N2O. The third kappa shape index (κ3) is 5.52. The Hall–Kier alpha value is -2.43. The fraction of sp³-hybridized carbons (Fsp3) is 0.235. The van der Waals surface area contributed by atoms with Gasteiger partial charge in [-0.15, -0.1) is 0 Å². The van der Waals surface area contributed by atoms with Crippen LogP contribution < -0.4 is 10.6 Å². The number of amides is 2. The predicted octanol–water partition coefficient (Wildman–Crippen LogP) is 3.40. The molecule has 2 N–H and O–H groups in total. The van der Waals surface area contributed by atoms with Crippen LogP contribution >= 0.6 is 0 Å². The number of benzene rings is 2. The van der Waals surface area contributed by atoms with E-state index < -0.39 is 0 Å². The zero-order valence-electron chi connectivity index (χ0n) is 12.1. The third-order valence-corrected chi connectivity index (χ3v) is 3.18. The third-order valence-electron chi connectivity index (χ3n) is 3.18. The first kappa shape index (κ1) is 15.9. The van der Waals surface area contributed by atoms with Crippen LogP contribution in [0.3, 0.4) is 0 Å². The lowest BCUT2D eigenvalue weighted by Gasteiger charge is -2.08. The fourth-order valence-electron chi connectivity index (χ4n) is 2.03. The van der Waals surface area contributed by atoms with Gasteiger partial charge in [-0.2, -0.15) is 0 Å².